The minimum atomic E-state index is -1.18. The molecule has 2 unspecified atom stereocenters. The van der Waals surface area contributed by atoms with Crippen LogP contribution in [0.4, 0.5) is 0 Å². The van der Waals surface area contributed by atoms with Gasteiger partial charge in [-0.2, -0.15) is 0 Å². The van der Waals surface area contributed by atoms with Crippen molar-refractivity contribution < 1.29 is 29.0 Å². The Labute approximate surface area is 382 Å². The lowest BCUT2D eigenvalue weighted by molar-refractivity contribution is -0.143. The second-order valence-corrected chi connectivity index (χ2v) is 16.0. The molecule has 6 rings (SSSR count). The molecule has 0 bridgehead atoms. The third kappa shape index (κ3) is 11.3. The van der Waals surface area contributed by atoms with E-state index in [4.69, 9.17) is 27.9 Å². The van der Waals surface area contributed by atoms with Crippen LogP contribution in [0.5, 0.6) is 0 Å². The van der Waals surface area contributed by atoms with Gasteiger partial charge in [-0.1, -0.05) is 96.0 Å². The number of ether oxygens (including phenoxy) is 1. The van der Waals surface area contributed by atoms with Crippen LogP contribution < -0.4 is 33.1 Å². The molecule has 0 spiro atoms. The molecule has 0 aliphatic carbocycles. The summed E-state index contributed by atoms with van der Waals surface area (Å²) in [6.07, 6.45) is 3.17. The van der Waals surface area contributed by atoms with Crippen LogP contribution in [0.25, 0.3) is 22.3 Å². The number of nitrogens with zero attached hydrogens (tertiary/aromatic N) is 4. The molecule has 2 aromatic heterocycles. The van der Waals surface area contributed by atoms with Crippen LogP contribution in [0.3, 0.4) is 0 Å². The molecule has 0 fully saturated rings. The molecule has 2 heterocycles. The van der Waals surface area contributed by atoms with E-state index in [0.29, 0.717) is 49.5 Å². The lowest BCUT2D eigenvalue weighted by atomic mass is 10.0. The summed E-state index contributed by atoms with van der Waals surface area (Å²) in [4.78, 5) is 98.2. The summed E-state index contributed by atoms with van der Waals surface area (Å²) < 4.78 is 9.59. The quantitative estimate of drug-likeness (QED) is 0.148. The summed E-state index contributed by atoms with van der Waals surface area (Å²) in [5.41, 5.74) is 3.53. The van der Waals surface area contributed by atoms with Crippen molar-refractivity contribution in [1.82, 2.24) is 28.9 Å². The number of aromatic nitrogens is 4. The highest BCUT2D eigenvalue weighted by Gasteiger charge is 2.26. The van der Waals surface area contributed by atoms with Gasteiger partial charge in [-0.3, -0.25) is 28.3 Å². The van der Waals surface area contributed by atoms with Gasteiger partial charge in [0, 0.05) is 53.4 Å². The number of hydrogen-bond donors (Lipinski definition) is 3. The van der Waals surface area contributed by atoms with Gasteiger partial charge >= 0.3 is 23.3 Å². The largest absolute Gasteiger partial charge is 0.480 e. The van der Waals surface area contributed by atoms with Crippen molar-refractivity contribution in [3.63, 3.8) is 0 Å². The number of hydrogen-bond acceptors (Lipinski definition) is 9. The van der Waals surface area contributed by atoms with E-state index in [1.807, 2.05) is 0 Å². The van der Waals surface area contributed by atoms with E-state index >= 15 is 0 Å². The second-order valence-electron chi connectivity index (χ2n) is 15.2. The Morgan fingerprint density at radius 2 is 0.969 bits per heavy atom. The second kappa shape index (κ2) is 20.9. The van der Waals surface area contributed by atoms with Crippen LogP contribution in [-0.4, -0.2) is 66.3 Å². The number of aryl methyl sites for hydroxylation is 4. The zero-order valence-electron chi connectivity index (χ0n) is 36.5. The Balaban J connectivity index is 0.000000244. The fourth-order valence-electron chi connectivity index (χ4n) is 6.96. The van der Waals surface area contributed by atoms with Crippen molar-refractivity contribution in [3.05, 3.63) is 182 Å². The number of methoxy groups -OCH3 is 1. The molecule has 3 N–H and O–H groups in total. The summed E-state index contributed by atoms with van der Waals surface area (Å²) in [5, 5.41) is 15.4. The van der Waals surface area contributed by atoms with Crippen LogP contribution in [0.1, 0.15) is 43.0 Å². The Kier molecular flexibility index (Phi) is 15.7. The van der Waals surface area contributed by atoms with E-state index < -0.39 is 58.3 Å². The van der Waals surface area contributed by atoms with Crippen LogP contribution >= 0.6 is 23.2 Å². The smallest absolute Gasteiger partial charge is 0.330 e. The third-order valence-corrected chi connectivity index (χ3v) is 11.2. The van der Waals surface area contributed by atoms with Gasteiger partial charge in [-0.05, 0) is 59.4 Å². The maximum absolute atomic E-state index is 12.8. The highest BCUT2D eigenvalue weighted by molar-refractivity contribution is 6.34. The fourth-order valence-corrected chi connectivity index (χ4v) is 7.58. The lowest BCUT2D eigenvalue weighted by Gasteiger charge is -2.18. The van der Waals surface area contributed by atoms with E-state index in [1.54, 1.807) is 113 Å². The van der Waals surface area contributed by atoms with Crippen molar-refractivity contribution in [1.29, 1.82) is 0 Å². The predicted molar refractivity (Wildman–Crippen MR) is 247 cm³/mol. The first-order valence-electron chi connectivity index (χ1n) is 19.9. The molecule has 18 heteroatoms. The number of halogens is 2. The molecule has 0 aliphatic rings. The molecule has 6 aromatic rings. The van der Waals surface area contributed by atoms with Gasteiger partial charge in [0.2, 0.25) is 0 Å². The van der Waals surface area contributed by atoms with Crippen LogP contribution in [0, 0.1) is 13.8 Å². The van der Waals surface area contributed by atoms with Crippen LogP contribution in [0.2, 0.25) is 10.0 Å². The molecule has 2 amide bonds. The standard InChI is InChI=1S/C24H24ClN3O5.C23H22ClN3O5/c1-14-6-5-7-18(25)20(14)21(29)26-19(23(31)33-4)12-15-8-10-16(11-9-15)17-13-27(2)24(32)28(3)22(17)30;1-13-5-4-6-17(24)19(13)20(28)25-18(22(30)31)11-14-7-9-15(10-8-14)16-12-26(2)23(32)27(3)21(16)29/h5-11,13,19H,12H2,1-4H3,(H,26,29);4-10,12,18H,11H2,1-3H3,(H,25,28)(H,30,31). The number of rotatable bonds is 12. The van der Waals surface area contributed by atoms with Crippen molar-refractivity contribution in [2.45, 2.75) is 38.8 Å². The predicted octanol–water partition coefficient (Wildman–Crippen LogP) is 4.37. The maximum Gasteiger partial charge on any atom is 0.330 e. The number of nitrogens with one attached hydrogen (secondary N) is 2. The number of aliphatic carboxylic acids is 1. The van der Waals surface area contributed by atoms with E-state index in [-0.39, 0.29) is 23.4 Å². The van der Waals surface area contributed by atoms with Gasteiger partial charge in [0.25, 0.3) is 22.9 Å². The molecule has 16 nitrogen and oxygen atoms in total. The lowest BCUT2D eigenvalue weighted by Crippen LogP contribution is -2.43. The molecule has 2 atom stereocenters. The van der Waals surface area contributed by atoms with Crippen molar-refractivity contribution in [2.24, 2.45) is 28.2 Å². The van der Waals surface area contributed by atoms with Gasteiger partial charge < -0.3 is 29.6 Å². The summed E-state index contributed by atoms with van der Waals surface area (Å²) >= 11 is 12.3. The minimum Gasteiger partial charge on any atom is -0.480 e. The van der Waals surface area contributed by atoms with Gasteiger partial charge in [-0.25, -0.2) is 19.2 Å². The molecule has 65 heavy (non-hydrogen) atoms. The SMILES string of the molecule is COC(=O)C(Cc1ccc(-c2cn(C)c(=O)n(C)c2=O)cc1)NC(=O)c1c(C)cccc1Cl.Cc1cccc(Cl)c1C(=O)NC(Cc1ccc(-c2cn(C)c(=O)n(C)c2=O)cc1)C(=O)O. The van der Waals surface area contributed by atoms with E-state index in [1.165, 1.54) is 42.7 Å². The minimum absolute atomic E-state index is 0.0378. The number of esters is 1. The maximum atomic E-state index is 12.8. The number of benzene rings is 4. The van der Waals surface area contributed by atoms with Crippen molar-refractivity contribution >= 4 is 47.0 Å². The molecule has 0 radical (unpaired) electrons. The molecule has 4 aromatic carbocycles. The van der Waals surface area contributed by atoms with Gasteiger partial charge in [0.15, 0.2) is 0 Å². The summed E-state index contributed by atoms with van der Waals surface area (Å²) in [6.45, 7) is 3.48. The molecule has 0 saturated heterocycles. The number of carbonyl (C=O) groups is 4. The number of amides is 2. The Morgan fingerprint density at radius 1 is 0.600 bits per heavy atom. The van der Waals surface area contributed by atoms with Crippen molar-refractivity contribution in [2.75, 3.05) is 7.11 Å². The first-order chi connectivity index (χ1) is 30.7. The van der Waals surface area contributed by atoms with E-state index in [2.05, 4.69) is 10.6 Å². The Bertz CT molecular complexity index is 3000. The topological polar surface area (TPSA) is 210 Å². The Hall–Kier alpha value is -7.30. The van der Waals surface area contributed by atoms with Gasteiger partial charge in [0.1, 0.15) is 12.1 Å². The fraction of sp³-hybridized carbons (Fsp3) is 0.234. The van der Waals surface area contributed by atoms with Crippen LogP contribution in [0.15, 0.2) is 117 Å². The highest BCUT2D eigenvalue weighted by Crippen LogP contribution is 2.22. The van der Waals surface area contributed by atoms with E-state index in [9.17, 15) is 43.5 Å². The first-order valence-corrected chi connectivity index (χ1v) is 20.6. The molecule has 0 saturated carbocycles. The molecule has 338 valence electrons. The number of carbonyl (C=O) groups excluding carboxylic acids is 3. The van der Waals surface area contributed by atoms with Crippen molar-refractivity contribution in [3.8, 4) is 22.3 Å². The number of carboxylic acid groups (broad SMARTS) is 1. The average molecular weight is 926 g/mol. The molecule has 0 aliphatic heterocycles. The van der Waals surface area contributed by atoms with Gasteiger partial charge in [0.05, 0.1) is 39.4 Å². The van der Waals surface area contributed by atoms with Crippen LogP contribution in [-0.2, 0) is 55.4 Å². The Morgan fingerprint density at radius 3 is 1.32 bits per heavy atom. The zero-order chi connectivity index (χ0) is 47.9. The summed E-state index contributed by atoms with van der Waals surface area (Å²) in [5.74, 6) is -2.81. The summed E-state index contributed by atoms with van der Waals surface area (Å²) in [6, 6.07) is 21.7. The number of carboxylic acids is 1. The van der Waals surface area contributed by atoms with E-state index in [0.717, 1.165) is 14.7 Å². The molecular weight excluding hydrogens is 879 g/mol. The summed E-state index contributed by atoms with van der Waals surface area (Å²) in [7, 11) is 7.21. The highest BCUT2D eigenvalue weighted by atomic mass is 35.5. The average Bonchev–Trinajstić information content (AvgIpc) is 3.27. The monoisotopic (exact) mass is 924 g/mol. The normalized spacial score (nSPS) is 11.7. The van der Waals surface area contributed by atoms with Gasteiger partial charge in [-0.15, -0.1) is 0 Å². The molecular formula is C47H46Cl2N6O10. The zero-order valence-corrected chi connectivity index (χ0v) is 38.0. The third-order valence-electron chi connectivity index (χ3n) is 10.6. The first kappa shape index (κ1) is 48.7.